The fraction of sp³-hybridized carbons (Fsp3) is 0.0476. The SMILES string of the molecule is N=c1c2c(=O)oc3ccccc3c2ccn1Cc1cccc2[nH]ccc12. The smallest absolute Gasteiger partial charge is 0.347 e. The number of nitrogens with one attached hydrogen (secondary N) is 2. The molecule has 26 heavy (non-hydrogen) atoms. The molecule has 0 saturated carbocycles. The minimum atomic E-state index is -0.474. The molecule has 2 N–H and O–H groups in total. The van der Waals surface area contributed by atoms with Crippen molar-refractivity contribution in [1.82, 2.24) is 9.55 Å². The highest BCUT2D eigenvalue weighted by atomic mass is 16.4. The highest BCUT2D eigenvalue weighted by Gasteiger charge is 2.11. The van der Waals surface area contributed by atoms with Crippen molar-refractivity contribution in [1.29, 1.82) is 5.41 Å². The first-order valence-electron chi connectivity index (χ1n) is 8.37. The molecule has 3 heterocycles. The minimum absolute atomic E-state index is 0.162. The van der Waals surface area contributed by atoms with E-state index in [0.29, 0.717) is 17.5 Å². The molecular formula is C21H15N3O2. The van der Waals surface area contributed by atoms with Crippen LogP contribution in [0.25, 0.3) is 32.6 Å². The van der Waals surface area contributed by atoms with Gasteiger partial charge < -0.3 is 14.0 Å². The molecule has 0 aliphatic rings. The number of benzene rings is 2. The Morgan fingerprint density at radius 2 is 1.85 bits per heavy atom. The first-order valence-corrected chi connectivity index (χ1v) is 8.37. The Bertz CT molecular complexity index is 1410. The predicted molar refractivity (Wildman–Crippen MR) is 101 cm³/mol. The zero-order valence-electron chi connectivity index (χ0n) is 13.8. The Balaban J connectivity index is 1.75. The molecule has 0 aliphatic carbocycles. The van der Waals surface area contributed by atoms with Crippen LogP contribution in [0.1, 0.15) is 5.56 Å². The lowest BCUT2D eigenvalue weighted by atomic mass is 10.1. The highest BCUT2D eigenvalue weighted by molar-refractivity contribution is 6.03. The van der Waals surface area contributed by atoms with Crippen LogP contribution < -0.4 is 11.1 Å². The predicted octanol–water partition coefficient (Wildman–Crippen LogP) is 3.76. The summed E-state index contributed by atoms with van der Waals surface area (Å²) in [6.07, 6.45) is 3.77. The number of pyridine rings is 1. The Labute approximate surface area is 147 Å². The Kier molecular flexibility index (Phi) is 3.09. The fourth-order valence-electron chi connectivity index (χ4n) is 3.56. The average molecular weight is 341 g/mol. The third-order valence-corrected chi connectivity index (χ3v) is 4.82. The van der Waals surface area contributed by atoms with Gasteiger partial charge in [0, 0.05) is 40.6 Å². The normalized spacial score (nSPS) is 11.5. The van der Waals surface area contributed by atoms with Crippen molar-refractivity contribution in [2.75, 3.05) is 0 Å². The topological polar surface area (TPSA) is 74.8 Å². The molecule has 5 rings (SSSR count). The summed E-state index contributed by atoms with van der Waals surface area (Å²) < 4.78 is 7.20. The molecule has 0 atom stereocenters. The summed E-state index contributed by atoms with van der Waals surface area (Å²) in [5.74, 6) is 0. The van der Waals surface area contributed by atoms with Gasteiger partial charge in [-0.25, -0.2) is 4.79 Å². The average Bonchev–Trinajstić information content (AvgIpc) is 3.13. The van der Waals surface area contributed by atoms with Crippen molar-refractivity contribution >= 4 is 32.6 Å². The van der Waals surface area contributed by atoms with Crippen LogP contribution in [0.5, 0.6) is 0 Å². The van der Waals surface area contributed by atoms with E-state index < -0.39 is 5.63 Å². The van der Waals surface area contributed by atoms with Crippen LogP contribution in [0, 0.1) is 5.41 Å². The maximum Gasteiger partial charge on any atom is 0.347 e. The van der Waals surface area contributed by atoms with E-state index in [0.717, 1.165) is 27.2 Å². The van der Waals surface area contributed by atoms with E-state index in [1.165, 1.54) is 0 Å². The number of rotatable bonds is 2. The minimum Gasteiger partial charge on any atom is -0.422 e. The Morgan fingerprint density at radius 1 is 0.962 bits per heavy atom. The van der Waals surface area contributed by atoms with Gasteiger partial charge in [-0.3, -0.25) is 5.41 Å². The molecule has 2 aromatic carbocycles. The van der Waals surface area contributed by atoms with Crippen LogP contribution in [0.3, 0.4) is 0 Å². The maximum absolute atomic E-state index is 12.5. The van der Waals surface area contributed by atoms with Gasteiger partial charge in [0.2, 0.25) is 0 Å². The van der Waals surface area contributed by atoms with Crippen LogP contribution in [0.4, 0.5) is 0 Å². The lowest BCUT2D eigenvalue weighted by Crippen LogP contribution is -2.24. The molecule has 0 spiro atoms. The van der Waals surface area contributed by atoms with Gasteiger partial charge in [-0.1, -0.05) is 30.3 Å². The van der Waals surface area contributed by atoms with E-state index in [2.05, 4.69) is 4.98 Å². The Morgan fingerprint density at radius 3 is 2.77 bits per heavy atom. The third-order valence-electron chi connectivity index (χ3n) is 4.82. The lowest BCUT2D eigenvalue weighted by molar-refractivity contribution is 0.567. The largest absolute Gasteiger partial charge is 0.422 e. The Hall–Kier alpha value is -3.60. The van der Waals surface area contributed by atoms with Gasteiger partial charge in [0.05, 0.1) is 0 Å². The van der Waals surface area contributed by atoms with Crippen molar-refractivity contribution in [2.24, 2.45) is 0 Å². The highest BCUT2D eigenvalue weighted by Crippen LogP contribution is 2.21. The van der Waals surface area contributed by atoms with Crippen molar-refractivity contribution in [3.05, 3.63) is 88.5 Å². The molecule has 0 saturated heterocycles. The molecule has 5 aromatic rings. The van der Waals surface area contributed by atoms with Crippen molar-refractivity contribution < 1.29 is 4.42 Å². The standard InChI is InChI=1S/C21H15N3O2/c22-20-19-16(15-5-1-2-7-18(15)26-21(19)25)9-11-24(20)12-13-4-3-6-17-14(13)8-10-23-17/h1-11,22-23H,12H2. The molecule has 5 heteroatoms. The number of H-pyrrole nitrogens is 1. The van der Waals surface area contributed by atoms with Crippen molar-refractivity contribution in [2.45, 2.75) is 6.54 Å². The second-order valence-electron chi connectivity index (χ2n) is 6.32. The molecule has 126 valence electrons. The summed E-state index contributed by atoms with van der Waals surface area (Å²) in [5.41, 5.74) is 2.37. The van der Waals surface area contributed by atoms with Crippen LogP contribution in [0.2, 0.25) is 0 Å². The zero-order chi connectivity index (χ0) is 17.7. The molecule has 3 aromatic heterocycles. The summed E-state index contributed by atoms with van der Waals surface area (Å²) in [5, 5.41) is 11.6. The molecule has 0 fully saturated rings. The van der Waals surface area contributed by atoms with Gasteiger partial charge in [-0.15, -0.1) is 0 Å². The number of aromatic nitrogens is 2. The van der Waals surface area contributed by atoms with Crippen LogP contribution >= 0.6 is 0 Å². The van der Waals surface area contributed by atoms with Gasteiger partial charge in [0.25, 0.3) is 0 Å². The van der Waals surface area contributed by atoms with Gasteiger partial charge in [-0.2, -0.15) is 0 Å². The molecule has 5 nitrogen and oxygen atoms in total. The van der Waals surface area contributed by atoms with Crippen LogP contribution in [-0.4, -0.2) is 9.55 Å². The number of aromatic amines is 1. The summed E-state index contributed by atoms with van der Waals surface area (Å²) in [7, 11) is 0. The summed E-state index contributed by atoms with van der Waals surface area (Å²) >= 11 is 0. The monoisotopic (exact) mass is 341 g/mol. The van der Waals surface area contributed by atoms with Crippen molar-refractivity contribution in [3.63, 3.8) is 0 Å². The van der Waals surface area contributed by atoms with Crippen LogP contribution in [0.15, 0.2) is 76.2 Å². The fourth-order valence-corrected chi connectivity index (χ4v) is 3.56. The summed E-state index contributed by atoms with van der Waals surface area (Å²) in [4.78, 5) is 15.7. The first-order chi connectivity index (χ1) is 12.7. The molecule has 0 aliphatic heterocycles. The van der Waals surface area contributed by atoms with E-state index in [9.17, 15) is 4.79 Å². The zero-order valence-corrected chi connectivity index (χ0v) is 13.8. The summed E-state index contributed by atoms with van der Waals surface area (Å²) in [6.45, 7) is 0.510. The van der Waals surface area contributed by atoms with E-state index >= 15 is 0 Å². The number of fused-ring (bicyclic) bond motifs is 4. The van der Waals surface area contributed by atoms with Gasteiger partial charge in [-0.05, 0) is 29.8 Å². The number of para-hydroxylation sites is 1. The quantitative estimate of drug-likeness (QED) is 0.379. The molecule has 0 unspecified atom stereocenters. The summed E-state index contributed by atoms with van der Waals surface area (Å²) in [6, 6.07) is 17.4. The van der Waals surface area contributed by atoms with Gasteiger partial charge in [0.1, 0.15) is 16.5 Å². The van der Waals surface area contributed by atoms with Crippen molar-refractivity contribution in [3.8, 4) is 0 Å². The maximum atomic E-state index is 12.5. The lowest BCUT2D eigenvalue weighted by Gasteiger charge is -2.11. The van der Waals surface area contributed by atoms with E-state index in [4.69, 9.17) is 9.83 Å². The van der Waals surface area contributed by atoms with E-state index in [1.807, 2.05) is 60.9 Å². The number of nitrogens with zero attached hydrogens (tertiary/aromatic N) is 1. The second kappa shape index (κ2) is 5.46. The molecule has 0 bridgehead atoms. The van der Waals surface area contributed by atoms with Gasteiger partial charge in [0.15, 0.2) is 0 Å². The van der Waals surface area contributed by atoms with Gasteiger partial charge >= 0.3 is 5.63 Å². The number of hydrogen-bond acceptors (Lipinski definition) is 3. The first kappa shape index (κ1) is 14.7. The van der Waals surface area contributed by atoms with E-state index in [1.54, 1.807) is 10.6 Å². The third kappa shape index (κ3) is 2.10. The molecule has 0 amide bonds. The number of hydrogen-bond donors (Lipinski definition) is 2. The molecular weight excluding hydrogens is 326 g/mol. The van der Waals surface area contributed by atoms with E-state index in [-0.39, 0.29) is 5.49 Å². The molecule has 0 radical (unpaired) electrons. The second-order valence-corrected chi connectivity index (χ2v) is 6.32. The van der Waals surface area contributed by atoms with Crippen LogP contribution in [-0.2, 0) is 6.54 Å².